The summed E-state index contributed by atoms with van der Waals surface area (Å²) in [6.07, 6.45) is 1.67. The molecule has 0 atom stereocenters. The van der Waals surface area contributed by atoms with E-state index in [-0.39, 0.29) is 0 Å². The van der Waals surface area contributed by atoms with Gasteiger partial charge in [-0.25, -0.2) is 0 Å². The standard InChI is InChI=1S/C15H19N5O2/c1-3-20(4-2)14-10-16-19-15(18-14)17-11-5-6-12-13(9-11)22-8-7-21-12/h5-6,9-10H,3-4,7-8H2,1-2H3,(H,17,18,19). The molecule has 116 valence electrons. The van der Waals surface area contributed by atoms with E-state index in [0.717, 1.165) is 36.1 Å². The van der Waals surface area contributed by atoms with Gasteiger partial charge in [0.1, 0.15) is 13.2 Å². The summed E-state index contributed by atoms with van der Waals surface area (Å²) in [6, 6.07) is 5.65. The molecule has 0 aliphatic carbocycles. The quantitative estimate of drug-likeness (QED) is 0.907. The average Bonchev–Trinajstić information content (AvgIpc) is 2.56. The molecule has 0 bridgehead atoms. The van der Waals surface area contributed by atoms with E-state index in [4.69, 9.17) is 9.47 Å². The maximum Gasteiger partial charge on any atom is 0.249 e. The summed E-state index contributed by atoms with van der Waals surface area (Å²) in [4.78, 5) is 6.61. The van der Waals surface area contributed by atoms with E-state index >= 15 is 0 Å². The maximum atomic E-state index is 5.57. The van der Waals surface area contributed by atoms with E-state index in [1.807, 2.05) is 18.2 Å². The number of aromatic nitrogens is 3. The molecule has 0 radical (unpaired) electrons. The molecule has 1 aliphatic heterocycles. The van der Waals surface area contributed by atoms with E-state index in [1.54, 1.807) is 6.20 Å². The number of fused-ring (bicyclic) bond motifs is 1. The van der Waals surface area contributed by atoms with Gasteiger partial charge in [0.2, 0.25) is 5.95 Å². The Bertz CT molecular complexity index is 646. The summed E-state index contributed by atoms with van der Waals surface area (Å²) in [7, 11) is 0. The van der Waals surface area contributed by atoms with Crippen LogP contribution in [0.15, 0.2) is 24.4 Å². The van der Waals surface area contributed by atoms with Gasteiger partial charge in [0.05, 0.1) is 6.20 Å². The number of hydrogen-bond donors (Lipinski definition) is 1. The lowest BCUT2D eigenvalue weighted by atomic mass is 10.2. The lowest BCUT2D eigenvalue weighted by molar-refractivity contribution is 0.171. The van der Waals surface area contributed by atoms with Crippen molar-refractivity contribution >= 4 is 17.5 Å². The van der Waals surface area contributed by atoms with E-state index < -0.39 is 0 Å². The molecule has 22 heavy (non-hydrogen) atoms. The Hall–Kier alpha value is -2.57. The number of ether oxygens (including phenoxy) is 2. The van der Waals surface area contributed by atoms with Crippen LogP contribution in [0, 0.1) is 0 Å². The summed E-state index contributed by atoms with van der Waals surface area (Å²) < 4.78 is 11.1. The number of benzene rings is 1. The summed E-state index contributed by atoms with van der Waals surface area (Å²) in [5.74, 6) is 2.75. The molecule has 7 heteroatoms. The molecule has 1 aliphatic rings. The first kappa shape index (κ1) is 14.4. The van der Waals surface area contributed by atoms with Crippen molar-refractivity contribution in [2.24, 2.45) is 0 Å². The van der Waals surface area contributed by atoms with Gasteiger partial charge in [-0.1, -0.05) is 0 Å². The maximum absolute atomic E-state index is 5.57. The van der Waals surface area contributed by atoms with Crippen molar-refractivity contribution in [3.63, 3.8) is 0 Å². The number of anilines is 3. The number of rotatable bonds is 5. The molecule has 3 rings (SSSR count). The number of nitrogens with zero attached hydrogens (tertiary/aromatic N) is 4. The smallest absolute Gasteiger partial charge is 0.249 e. The molecule has 0 saturated heterocycles. The second-order valence-corrected chi connectivity index (χ2v) is 4.79. The Morgan fingerprint density at radius 1 is 1.14 bits per heavy atom. The van der Waals surface area contributed by atoms with E-state index in [0.29, 0.717) is 19.2 Å². The van der Waals surface area contributed by atoms with Crippen LogP contribution in [-0.2, 0) is 0 Å². The first-order chi connectivity index (χ1) is 10.8. The van der Waals surface area contributed by atoms with Gasteiger partial charge < -0.3 is 19.7 Å². The molecule has 1 aromatic heterocycles. The summed E-state index contributed by atoms with van der Waals surface area (Å²) in [5, 5.41) is 11.2. The second-order valence-electron chi connectivity index (χ2n) is 4.79. The van der Waals surface area contributed by atoms with Crippen molar-refractivity contribution in [2.75, 3.05) is 36.5 Å². The van der Waals surface area contributed by atoms with Crippen molar-refractivity contribution in [3.8, 4) is 11.5 Å². The summed E-state index contributed by atoms with van der Waals surface area (Å²) >= 11 is 0. The largest absolute Gasteiger partial charge is 0.486 e. The third kappa shape index (κ3) is 3.03. The molecular weight excluding hydrogens is 282 g/mol. The highest BCUT2D eigenvalue weighted by Crippen LogP contribution is 2.33. The van der Waals surface area contributed by atoms with Crippen LogP contribution in [0.3, 0.4) is 0 Å². The molecular formula is C15H19N5O2. The number of hydrogen-bond acceptors (Lipinski definition) is 7. The zero-order valence-electron chi connectivity index (χ0n) is 12.7. The highest BCUT2D eigenvalue weighted by Gasteiger charge is 2.12. The van der Waals surface area contributed by atoms with Crippen molar-refractivity contribution < 1.29 is 9.47 Å². The first-order valence-corrected chi connectivity index (χ1v) is 7.41. The first-order valence-electron chi connectivity index (χ1n) is 7.41. The summed E-state index contributed by atoms with van der Waals surface area (Å²) in [6.45, 7) is 7.06. The van der Waals surface area contributed by atoms with Crippen LogP contribution in [0.1, 0.15) is 13.8 Å². The van der Waals surface area contributed by atoms with Crippen molar-refractivity contribution in [2.45, 2.75) is 13.8 Å². The normalized spacial score (nSPS) is 12.8. The third-order valence-electron chi connectivity index (χ3n) is 3.43. The van der Waals surface area contributed by atoms with Crippen molar-refractivity contribution in [1.29, 1.82) is 0 Å². The van der Waals surface area contributed by atoms with Crippen LogP contribution in [0.4, 0.5) is 17.5 Å². The van der Waals surface area contributed by atoms with E-state index in [9.17, 15) is 0 Å². The molecule has 0 amide bonds. The van der Waals surface area contributed by atoms with Crippen LogP contribution in [0.2, 0.25) is 0 Å². The molecule has 0 unspecified atom stereocenters. The van der Waals surface area contributed by atoms with Gasteiger partial charge >= 0.3 is 0 Å². The van der Waals surface area contributed by atoms with Gasteiger partial charge in [-0.15, -0.1) is 5.10 Å². The van der Waals surface area contributed by atoms with E-state index in [2.05, 4.69) is 39.2 Å². The SMILES string of the molecule is CCN(CC)c1cnnc(Nc2ccc3c(c2)OCCO3)n1. The molecule has 0 spiro atoms. The third-order valence-corrected chi connectivity index (χ3v) is 3.43. The fourth-order valence-electron chi connectivity index (χ4n) is 2.30. The van der Waals surface area contributed by atoms with Crippen LogP contribution >= 0.6 is 0 Å². The van der Waals surface area contributed by atoms with E-state index in [1.165, 1.54) is 0 Å². The molecule has 2 aromatic rings. The highest BCUT2D eigenvalue weighted by atomic mass is 16.6. The Morgan fingerprint density at radius 2 is 1.91 bits per heavy atom. The molecule has 1 N–H and O–H groups in total. The average molecular weight is 301 g/mol. The molecule has 2 heterocycles. The molecule has 0 saturated carbocycles. The Labute approximate surface area is 129 Å². The zero-order valence-corrected chi connectivity index (χ0v) is 12.7. The minimum absolute atomic E-state index is 0.459. The molecule has 7 nitrogen and oxygen atoms in total. The lowest BCUT2D eigenvalue weighted by Crippen LogP contribution is -2.23. The topological polar surface area (TPSA) is 72.4 Å². The van der Waals surface area contributed by atoms with Crippen LogP contribution in [0.25, 0.3) is 0 Å². The van der Waals surface area contributed by atoms with Crippen molar-refractivity contribution in [1.82, 2.24) is 15.2 Å². The van der Waals surface area contributed by atoms with Gasteiger partial charge in [-0.05, 0) is 26.0 Å². The Morgan fingerprint density at radius 3 is 2.68 bits per heavy atom. The fraction of sp³-hybridized carbons (Fsp3) is 0.400. The van der Waals surface area contributed by atoms with Gasteiger partial charge in [0, 0.05) is 24.8 Å². The van der Waals surface area contributed by atoms with Gasteiger partial charge in [0.25, 0.3) is 0 Å². The van der Waals surface area contributed by atoms with Gasteiger partial charge in [0.15, 0.2) is 17.3 Å². The van der Waals surface area contributed by atoms with Crippen molar-refractivity contribution in [3.05, 3.63) is 24.4 Å². The monoisotopic (exact) mass is 301 g/mol. The Balaban J connectivity index is 1.79. The molecule has 0 fully saturated rings. The predicted molar refractivity (Wildman–Crippen MR) is 84.1 cm³/mol. The minimum Gasteiger partial charge on any atom is -0.486 e. The predicted octanol–water partition coefficient (Wildman–Crippen LogP) is 2.23. The van der Waals surface area contributed by atoms with Gasteiger partial charge in [-0.3, -0.25) is 0 Å². The van der Waals surface area contributed by atoms with Crippen LogP contribution in [0.5, 0.6) is 11.5 Å². The minimum atomic E-state index is 0.459. The fourth-order valence-corrected chi connectivity index (χ4v) is 2.30. The summed E-state index contributed by atoms with van der Waals surface area (Å²) in [5.41, 5.74) is 0.836. The van der Waals surface area contributed by atoms with Crippen LogP contribution < -0.4 is 19.7 Å². The lowest BCUT2D eigenvalue weighted by Gasteiger charge is -2.20. The second kappa shape index (κ2) is 6.46. The zero-order chi connectivity index (χ0) is 15.4. The number of nitrogens with one attached hydrogen (secondary N) is 1. The Kier molecular flexibility index (Phi) is 4.22. The van der Waals surface area contributed by atoms with Gasteiger partial charge in [-0.2, -0.15) is 10.1 Å². The van der Waals surface area contributed by atoms with Crippen LogP contribution in [-0.4, -0.2) is 41.5 Å². The molecule has 1 aromatic carbocycles. The highest BCUT2D eigenvalue weighted by molar-refractivity contribution is 5.60.